The Balaban J connectivity index is 2.33. The summed E-state index contributed by atoms with van der Waals surface area (Å²) in [7, 11) is 3.47. The van der Waals surface area contributed by atoms with E-state index in [1.807, 2.05) is 12.1 Å². The van der Waals surface area contributed by atoms with Crippen molar-refractivity contribution in [3.63, 3.8) is 0 Å². The van der Waals surface area contributed by atoms with Crippen LogP contribution in [0.1, 0.15) is 32.8 Å². The van der Waals surface area contributed by atoms with Gasteiger partial charge in [0.1, 0.15) is 5.75 Å². The normalized spacial score (nSPS) is 13.3. The molecule has 1 atom stereocenters. The van der Waals surface area contributed by atoms with E-state index in [-0.39, 0.29) is 5.60 Å². The Morgan fingerprint density at radius 1 is 1.26 bits per heavy atom. The SMILES string of the molecule is COc1cccc(CCNC(C)CC(C)(C)OC)c1. The third kappa shape index (κ3) is 6.08. The molecule has 0 amide bonds. The predicted octanol–water partition coefficient (Wildman–Crippen LogP) is 3.03. The molecule has 1 unspecified atom stereocenters. The van der Waals surface area contributed by atoms with Crippen molar-refractivity contribution in [1.29, 1.82) is 0 Å². The van der Waals surface area contributed by atoms with E-state index in [2.05, 4.69) is 38.2 Å². The summed E-state index contributed by atoms with van der Waals surface area (Å²) in [6.07, 6.45) is 2.01. The maximum absolute atomic E-state index is 5.45. The van der Waals surface area contributed by atoms with E-state index in [1.165, 1.54) is 5.56 Å². The van der Waals surface area contributed by atoms with Gasteiger partial charge in [0.2, 0.25) is 0 Å². The molecule has 1 aromatic rings. The van der Waals surface area contributed by atoms with Crippen LogP contribution in [0.5, 0.6) is 5.75 Å². The summed E-state index contributed by atoms with van der Waals surface area (Å²) in [4.78, 5) is 0. The first-order valence-electron chi connectivity index (χ1n) is 6.88. The average molecular weight is 265 g/mol. The van der Waals surface area contributed by atoms with E-state index in [0.717, 1.165) is 25.1 Å². The van der Waals surface area contributed by atoms with Crippen LogP contribution in [-0.2, 0) is 11.2 Å². The first kappa shape index (κ1) is 16.0. The summed E-state index contributed by atoms with van der Waals surface area (Å²) < 4.78 is 10.7. The summed E-state index contributed by atoms with van der Waals surface area (Å²) in [6.45, 7) is 7.40. The largest absolute Gasteiger partial charge is 0.497 e. The summed E-state index contributed by atoms with van der Waals surface area (Å²) in [5.74, 6) is 0.922. The molecule has 3 nitrogen and oxygen atoms in total. The standard InChI is InChI=1S/C16H27NO2/c1-13(12-16(2,3)19-5)17-10-9-14-7-6-8-15(11-14)18-4/h6-8,11,13,17H,9-10,12H2,1-5H3. The Bertz CT molecular complexity index is 377. The Kier molecular flexibility index (Phi) is 6.32. The molecule has 0 aliphatic carbocycles. The second-order valence-electron chi connectivity index (χ2n) is 5.62. The molecule has 3 heteroatoms. The van der Waals surface area contributed by atoms with Crippen LogP contribution >= 0.6 is 0 Å². The lowest BCUT2D eigenvalue weighted by Crippen LogP contribution is -2.36. The molecule has 1 aromatic carbocycles. The van der Waals surface area contributed by atoms with Gasteiger partial charge < -0.3 is 14.8 Å². The number of ether oxygens (including phenoxy) is 2. The van der Waals surface area contributed by atoms with Gasteiger partial charge in [0.05, 0.1) is 12.7 Å². The van der Waals surface area contributed by atoms with Gasteiger partial charge in [-0.15, -0.1) is 0 Å². The van der Waals surface area contributed by atoms with Crippen molar-refractivity contribution in [2.75, 3.05) is 20.8 Å². The third-order valence-electron chi connectivity index (χ3n) is 3.39. The smallest absolute Gasteiger partial charge is 0.119 e. The highest BCUT2D eigenvalue weighted by Gasteiger charge is 2.19. The molecule has 1 N–H and O–H groups in total. The minimum absolute atomic E-state index is 0.0671. The van der Waals surface area contributed by atoms with Crippen molar-refractivity contribution in [2.45, 2.75) is 45.3 Å². The van der Waals surface area contributed by atoms with Crippen LogP contribution in [0.3, 0.4) is 0 Å². The Morgan fingerprint density at radius 2 is 2.00 bits per heavy atom. The zero-order chi connectivity index (χ0) is 14.3. The van der Waals surface area contributed by atoms with Gasteiger partial charge in [-0.3, -0.25) is 0 Å². The molecular formula is C16H27NO2. The lowest BCUT2D eigenvalue weighted by molar-refractivity contribution is 0.00865. The monoisotopic (exact) mass is 265 g/mol. The molecule has 0 heterocycles. The van der Waals surface area contributed by atoms with E-state index in [9.17, 15) is 0 Å². The molecule has 0 aliphatic heterocycles. The molecule has 0 fully saturated rings. The molecular weight excluding hydrogens is 238 g/mol. The number of hydrogen-bond acceptors (Lipinski definition) is 3. The number of nitrogens with one attached hydrogen (secondary N) is 1. The third-order valence-corrected chi connectivity index (χ3v) is 3.39. The van der Waals surface area contributed by atoms with Crippen molar-refractivity contribution in [3.05, 3.63) is 29.8 Å². The lowest BCUT2D eigenvalue weighted by Gasteiger charge is -2.27. The maximum Gasteiger partial charge on any atom is 0.119 e. The van der Waals surface area contributed by atoms with Gasteiger partial charge in [-0.25, -0.2) is 0 Å². The minimum atomic E-state index is -0.0671. The van der Waals surface area contributed by atoms with Gasteiger partial charge in [-0.1, -0.05) is 12.1 Å². The minimum Gasteiger partial charge on any atom is -0.497 e. The lowest BCUT2D eigenvalue weighted by atomic mass is 10.00. The van der Waals surface area contributed by atoms with Crippen LogP contribution < -0.4 is 10.1 Å². The van der Waals surface area contributed by atoms with Gasteiger partial charge in [0.25, 0.3) is 0 Å². The molecule has 19 heavy (non-hydrogen) atoms. The van der Waals surface area contributed by atoms with E-state index in [0.29, 0.717) is 6.04 Å². The molecule has 0 bridgehead atoms. The highest BCUT2D eigenvalue weighted by atomic mass is 16.5. The van der Waals surface area contributed by atoms with Crippen LogP contribution in [-0.4, -0.2) is 32.4 Å². The van der Waals surface area contributed by atoms with Crippen molar-refractivity contribution in [3.8, 4) is 5.75 Å². The number of methoxy groups -OCH3 is 2. The van der Waals surface area contributed by atoms with E-state index >= 15 is 0 Å². The fraction of sp³-hybridized carbons (Fsp3) is 0.625. The maximum atomic E-state index is 5.45. The van der Waals surface area contributed by atoms with Crippen molar-refractivity contribution < 1.29 is 9.47 Å². The first-order valence-corrected chi connectivity index (χ1v) is 6.88. The summed E-state index contributed by atoms with van der Waals surface area (Å²) in [5.41, 5.74) is 1.23. The van der Waals surface area contributed by atoms with Crippen molar-refractivity contribution >= 4 is 0 Å². The van der Waals surface area contributed by atoms with Gasteiger partial charge in [0, 0.05) is 13.2 Å². The highest BCUT2D eigenvalue weighted by molar-refractivity contribution is 5.28. The molecule has 1 rings (SSSR count). The molecule has 0 spiro atoms. The summed E-state index contributed by atoms with van der Waals surface area (Å²) in [5, 5.41) is 3.54. The summed E-state index contributed by atoms with van der Waals surface area (Å²) >= 11 is 0. The van der Waals surface area contributed by atoms with Crippen LogP contribution in [0.25, 0.3) is 0 Å². The van der Waals surface area contributed by atoms with Gasteiger partial charge in [-0.05, 0) is 57.9 Å². The zero-order valence-electron chi connectivity index (χ0n) is 12.8. The number of benzene rings is 1. The second-order valence-corrected chi connectivity index (χ2v) is 5.62. The number of hydrogen-bond donors (Lipinski definition) is 1. The topological polar surface area (TPSA) is 30.5 Å². The van der Waals surface area contributed by atoms with Gasteiger partial charge in [-0.2, -0.15) is 0 Å². The molecule has 0 radical (unpaired) electrons. The Morgan fingerprint density at radius 3 is 2.63 bits per heavy atom. The fourth-order valence-corrected chi connectivity index (χ4v) is 2.18. The van der Waals surface area contributed by atoms with Crippen LogP contribution in [0.2, 0.25) is 0 Å². The quantitative estimate of drug-likeness (QED) is 0.783. The first-order chi connectivity index (χ1) is 8.96. The fourth-order valence-electron chi connectivity index (χ4n) is 2.18. The molecule has 0 aliphatic rings. The Labute approximate surface area is 117 Å². The van der Waals surface area contributed by atoms with Gasteiger partial charge >= 0.3 is 0 Å². The van der Waals surface area contributed by atoms with Crippen LogP contribution in [0.15, 0.2) is 24.3 Å². The second kappa shape index (κ2) is 7.51. The van der Waals surface area contributed by atoms with E-state index in [4.69, 9.17) is 9.47 Å². The van der Waals surface area contributed by atoms with Gasteiger partial charge in [0.15, 0.2) is 0 Å². The number of rotatable bonds is 8. The zero-order valence-corrected chi connectivity index (χ0v) is 12.8. The molecule has 0 aromatic heterocycles. The van der Waals surface area contributed by atoms with Crippen molar-refractivity contribution in [1.82, 2.24) is 5.32 Å². The van der Waals surface area contributed by atoms with E-state index < -0.39 is 0 Å². The van der Waals surface area contributed by atoms with Crippen molar-refractivity contribution in [2.24, 2.45) is 0 Å². The van der Waals surface area contributed by atoms with E-state index in [1.54, 1.807) is 14.2 Å². The molecule has 0 saturated carbocycles. The molecule has 0 saturated heterocycles. The van der Waals surface area contributed by atoms with Crippen LogP contribution in [0.4, 0.5) is 0 Å². The molecule has 108 valence electrons. The summed E-state index contributed by atoms with van der Waals surface area (Å²) in [6, 6.07) is 8.67. The highest BCUT2D eigenvalue weighted by Crippen LogP contribution is 2.16. The predicted molar refractivity (Wildman–Crippen MR) is 79.9 cm³/mol. The Hall–Kier alpha value is -1.06. The van der Waals surface area contributed by atoms with Crippen LogP contribution in [0, 0.1) is 0 Å². The average Bonchev–Trinajstić information content (AvgIpc) is 2.38.